The molecule has 6 heteroatoms. The maximum Gasteiger partial charge on any atom is 0.251 e. The van der Waals surface area contributed by atoms with Crippen molar-refractivity contribution in [1.29, 1.82) is 0 Å². The van der Waals surface area contributed by atoms with Gasteiger partial charge in [0.2, 0.25) is 5.91 Å². The number of aromatic amines is 1. The topological polar surface area (TPSA) is 78.1 Å². The van der Waals surface area contributed by atoms with Gasteiger partial charge in [-0.2, -0.15) is 5.10 Å². The number of likely N-dealkylation sites (tertiary alicyclic amines) is 1. The first-order valence-electron chi connectivity index (χ1n) is 8.50. The van der Waals surface area contributed by atoms with E-state index in [9.17, 15) is 9.59 Å². The predicted molar refractivity (Wildman–Crippen MR) is 95.9 cm³/mol. The maximum absolute atomic E-state index is 12.4. The van der Waals surface area contributed by atoms with Crippen LogP contribution in [0.5, 0.6) is 0 Å². The summed E-state index contributed by atoms with van der Waals surface area (Å²) in [6, 6.07) is 9.09. The van der Waals surface area contributed by atoms with Gasteiger partial charge in [-0.25, -0.2) is 0 Å². The third-order valence-corrected chi connectivity index (χ3v) is 4.17. The van der Waals surface area contributed by atoms with Crippen molar-refractivity contribution in [3.63, 3.8) is 0 Å². The minimum Gasteiger partial charge on any atom is -0.347 e. The minimum absolute atomic E-state index is 0.0526. The number of hydrogen-bond donors (Lipinski definition) is 2. The fourth-order valence-electron chi connectivity index (χ4n) is 3.08. The number of nitrogens with one attached hydrogen (secondary N) is 2. The number of rotatable bonds is 4. The SMILES string of the molecule is CC(C)(C)CN1C[C@H](NC(=O)c2ccc(-c3ccn[nH]3)cc2)CC1=O. The van der Waals surface area contributed by atoms with Crippen LogP contribution in [0.25, 0.3) is 11.3 Å². The number of carbonyl (C=O) groups excluding carboxylic acids is 2. The van der Waals surface area contributed by atoms with E-state index >= 15 is 0 Å². The molecule has 1 atom stereocenters. The standard InChI is InChI=1S/C19H24N4O2/c1-19(2,3)12-23-11-15(10-17(23)24)21-18(25)14-6-4-13(5-7-14)16-8-9-20-22-16/h4-9,15H,10-12H2,1-3H3,(H,20,22)(H,21,25)/t15-/m1/s1. The summed E-state index contributed by atoms with van der Waals surface area (Å²) in [4.78, 5) is 26.4. The first-order valence-corrected chi connectivity index (χ1v) is 8.50. The normalized spacial score (nSPS) is 17.8. The van der Waals surface area contributed by atoms with E-state index in [2.05, 4.69) is 36.3 Å². The lowest BCUT2D eigenvalue weighted by Crippen LogP contribution is -2.39. The van der Waals surface area contributed by atoms with Gasteiger partial charge in [0.15, 0.2) is 0 Å². The summed E-state index contributed by atoms with van der Waals surface area (Å²) in [7, 11) is 0. The molecule has 132 valence electrons. The molecule has 1 aliphatic heterocycles. The molecule has 0 radical (unpaired) electrons. The first kappa shape index (κ1) is 17.2. The smallest absolute Gasteiger partial charge is 0.251 e. The van der Waals surface area contributed by atoms with Crippen LogP contribution in [0.2, 0.25) is 0 Å². The molecule has 2 amide bonds. The van der Waals surface area contributed by atoms with Crippen LogP contribution in [0.4, 0.5) is 0 Å². The third-order valence-electron chi connectivity index (χ3n) is 4.17. The molecule has 2 heterocycles. The highest BCUT2D eigenvalue weighted by atomic mass is 16.2. The third kappa shape index (κ3) is 4.26. The second-order valence-corrected chi connectivity index (χ2v) is 7.76. The van der Waals surface area contributed by atoms with Crippen molar-refractivity contribution >= 4 is 11.8 Å². The Morgan fingerprint density at radius 2 is 2.00 bits per heavy atom. The van der Waals surface area contributed by atoms with Gasteiger partial charge in [-0.1, -0.05) is 32.9 Å². The van der Waals surface area contributed by atoms with Crippen LogP contribution in [0, 0.1) is 5.41 Å². The molecule has 1 aromatic carbocycles. The van der Waals surface area contributed by atoms with E-state index in [-0.39, 0.29) is 23.3 Å². The summed E-state index contributed by atoms with van der Waals surface area (Å²) in [5.74, 6) is -0.0404. The molecule has 1 aliphatic rings. The van der Waals surface area contributed by atoms with Crippen LogP contribution in [0.3, 0.4) is 0 Å². The van der Waals surface area contributed by atoms with E-state index in [1.807, 2.05) is 23.1 Å². The van der Waals surface area contributed by atoms with Crippen molar-refractivity contribution in [1.82, 2.24) is 20.4 Å². The summed E-state index contributed by atoms with van der Waals surface area (Å²) >= 11 is 0. The summed E-state index contributed by atoms with van der Waals surface area (Å²) in [5.41, 5.74) is 2.52. The van der Waals surface area contributed by atoms with Crippen molar-refractivity contribution in [3.8, 4) is 11.3 Å². The zero-order chi connectivity index (χ0) is 18.0. The Kier molecular flexibility index (Phi) is 4.61. The van der Waals surface area contributed by atoms with Crippen LogP contribution >= 0.6 is 0 Å². The van der Waals surface area contributed by atoms with E-state index in [4.69, 9.17) is 0 Å². The molecular formula is C19H24N4O2. The molecule has 3 rings (SSSR count). The van der Waals surface area contributed by atoms with E-state index < -0.39 is 0 Å². The molecular weight excluding hydrogens is 316 g/mol. The molecule has 1 saturated heterocycles. The minimum atomic E-state index is -0.147. The van der Waals surface area contributed by atoms with Crippen molar-refractivity contribution in [2.24, 2.45) is 5.41 Å². The zero-order valence-corrected chi connectivity index (χ0v) is 14.9. The molecule has 1 aromatic heterocycles. The molecule has 6 nitrogen and oxygen atoms in total. The lowest BCUT2D eigenvalue weighted by molar-refractivity contribution is -0.128. The highest BCUT2D eigenvalue weighted by molar-refractivity contribution is 5.95. The van der Waals surface area contributed by atoms with Gasteiger partial charge in [0.1, 0.15) is 0 Å². The maximum atomic E-state index is 12.4. The predicted octanol–water partition coefficient (Wildman–Crippen LogP) is 2.45. The van der Waals surface area contributed by atoms with Gasteiger partial charge in [-0.15, -0.1) is 0 Å². The quantitative estimate of drug-likeness (QED) is 0.897. The molecule has 0 spiro atoms. The van der Waals surface area contributed by atoms with Gasteiger partial charge >= 0.3 is 0 Å². The second kappa shape index (κ2) is 6.70. The Morgan fingerprint density at radius 3 is 2.60 bits per heavy atom. The summed E-state index contributed by atoms with van der Waals surface area (Å²) < 4.78 is 0. The van der Waals surface area contributed by atoms with Crippen LogP contribution < -0.4 is 5.32 Å². The highest BCUT2D eigenvalue weighted by Gasteiger charge is 2.32. The highest BCUT2D eigenvalue weighted by Crippen LogP contribution is 2.21. The average molecular weight is 340 g/mol. The Labute approximate surface area is 147 Å². The van der Waals surface area contributed by atoms with E-state index in [1.54, 1.807) is 18.3 Å². The van der Waals surface area contributed by atoms with Crippen LogP contribution in [0.15, 0.2) is 36.5 Å². The number of hydrogen-bond acceptors (Lipinski definition) is 3. The summed E-state index contributed by atoms with van der Waals surface area (Å²) in [6.45, 7) is 7.60. The fraction of sp³-hybridized carbons (Fsp3) is 0.421. The summed E-state index contributed by atoms with van der Waals surface area (Å²) in [6.07, 6.45) is 2.06. The van der Waals surface area contributed by atoms with Crippen LogP contribution in [0.1, 0.15) is 37.6 Å². The van der Waals surface area contributed by atoms with Gasteiger partial charge < -0.3 is 10.2 Å². The Morgan fingerprint density at radius 1 is 1.28 bits per heavy atom. The molecule has 25 heavy (non-hydrogen) atoms. The van der Waals surface area contributed by atoms with Crippen molar-refractivity contribution in [2.75, 3.05) is 13.1 Å². The largest absolute Gasteiger partial charge is 0.347 e. The molecule has 0 saturated carbocycles. The molecule has 0 aliphatic carbocycles. The Bertz CT molecular complexity index is 745. The van der Waals surface area contributed by atoms with E-state index in [0.29, 0.717) is 25.1 Å². The van der Waals surface area contributed by atoms with Gasteiger partial charge in [0.05, 0.1) is 11.7 Å². The number of amides is 2. The Balaban J connectivity index is 1.60. The number of benzene rings is 1. The van der Waals surface area contributed by atoms with Gasteiger partial charge in [-0.05, 0) is 29.2 Å². The Hall–Kier alpha value is -2.63. The second-order valence-electron chi connectivity index (χ2n) is 7.76. The van der Waals surface area contributed by atoms with Crippen LogP contribution in [-0.2, 0) is 4.79 Å². The molecule has 2 N–H and O–H groups in total. The number of aromatic nitrogens is 2. The average Bonchev–Trinajstić information content (AvgIpc) is 3.17. The number of carbonyl (C=O) groups is 2. The molecule has 0 bridgehead atoms. The van der Waals surface area contributed by atoms with Crippen molar-refractivity contribution < 1.29 is 9.59 Å². The summed E-state index contributed by atoms with van der Waals surface area (Å²) in [5, 5.41) is 9.79. The molecule has 1 fully saturated rings. The van der Waals surface area contributed by atoms with Gasteiger partial charge in [0.25, 0.3) is 5.91 Å². The first-order chi connectivity index (χ1) is 11.8. The fourth-order valence-corrected chi connectivity index (χ4v) is 3.08. The monoisotopic (exact) mass is 340 g/mol. The molecule has 2 aromatic rings. The number of nitrogens with zero attached hydrogens (tertiary/aromatic N) is 2. The van der Waals surface area contributed by atoms with Gasteiger partial charge in [-0.3, -0.25) is 14.7 Å². The lowest BCUT2D eigenvalue weighted by Gasteiger charge is -2.26. The van der Waals surface area contributed by atoms with E-state index in [1.165, 1.54) is 0 Å². The van der Waals surface area contributed by atoms with Crippen molar-refractivity contribution in [3.05, 3.63) is 42.1 Å². The van der Waals surface area contributed by atoms with Crippen LogP contribution in [-0.4, -0.2) is 46.0 Å². The van der Waals surface area contributed by atoms with Gasteiger partial charge in [0, 0.05) is 31.3 Å². The zero-order valence-electron chi connectivity index (χ0n) is 14.9. The molecule has 0 unspecified atom stereocenters. The number of H-pyrrole nitrogens is 1. The van der Waals surface area contributed by atoms with Crippen molar-refractivity contribution in [2.45, 2.75) is 33.2 Å². The van der Waals surface area contributed by atoms with E-state index in [0.717, 1.165) is 11.3 Å². The lowest BCUT2D eigenvalue weighted by atomic mass is 9.96.